The van der Waals surface area contributed by atoms with Crippen molar-refractivity contribution in [3.8, 4) is 0 Å². The van der Waals surface area contributed by atoms with Crippen molar-refractivity contribution in [3.63, 3.8) is 0 Å². The maximum Gasteiger partial charge on any atom is 0.516 e. The van der Waals surface area contributed by atoms with Crippen molar-refractivity contribution in [1.82, 2.24) is 14.0 Å². The van der Waals surface area contributed by atoms with Crippen LogP contribution in [0.2, 0.25) is 0 Å². The first kappa shape index (κ1) is 21.2. The van der Waals surface area contributed by atoms with E-state index in [1.54, 1.807) is 14.0 Å². The van der Waals surface area contributed by atoms with Gasteiger partial charge in [0, 0.05) is 19.8 Å². The minimum atomic E-state index is -2.86. The molecule has 0 atom stereocenters. The molecule has 0 aliphatic heterocycles. The molecule has 7 nitrogen and oxygen atoms in total. The molecule has 9 heteroatoms. The van der Waals surface area contributed by atoms with E-state index in [2.05, 4.69) is 0 Å². The molecule has 0 heterocycles. The van der Waals surface area contributed by atoms with Crippen LogP contribution >= 0.6 is 7.59 Å². The Kier molecular flexibility index (Phi) is 9.46. The molecule has 0 fully saturated rings. The van der Waals surface area contributed by atoms with E-state index in [1.807, 2.05) is 56.0 Å². The second kappa shape index (κ2) is 9.37. The highest BCUT2D eigenvalue weighted by atomic mass is 31.2. The van der Waals surface area contributed by atoms with Crippen LogP contribution < -0.4 is 0 Å². The van der Waals surface area contributed by atoms with Crippen LogP contribution in [0.15, 0.2) is 0 Å². The molecule has 0 amide bonds. The minimum absolute atomic E-state index is 0.385. The molecule has 128 valence electrons. The molecule has 0 aliphatic rings. The number of hydrogen-bond donors (Lipinski definition) is 0. The summed E-state index contributed by atoms with van der Waals surface area (Å²) in [5.41, 5.74) is 0. The lowest BCUT2D eigenvalue weighted by atomic mass is 10.9. The van der Waals surface area contributed by atoms with Gasteiger partial charge in [0.15, 0.2) is 0 Å². The lowest BCUT2D eigenvalue weighted by Crippen LogP contribution is -2.55. The Morgan fingerprint density at radius 2 is 1.14 bits per heavy atom. The maximum atomic E-state index is 13.2. The van der Waals surface area contributed by atoms with Crippen LogP contribution in [0.25, 0.3) is 0 Å². The van der Waals surface area contributed by atoms with E-state index in [-0.39, 0.29) is 0 Å². The zero-order chi connectivity index (χ0) is 16.7. The summed E-state index contributed by atoms with van der Waals surface area (Å²) in [7, 11) is 3.36. The zero-order valence-corrected chi connectivity index (χ0v) is 16.6. The lowest BCUT2D eigenvalue weighted by Gasteiger charge is -2.40. The highest BCUT2D eigenvalue weighted by Crippen LogP contribution is 2.52. The summed E-state index contributed by atoms with van der Waals surface area (Å²) >= 11 is 0. The quantitative estimate of drug-likeness (QED) is 0.419. The van der Waals surface area contributed by atoms with Crippen LogP contribution in [0, 0.1) is 0 Å². The number of hydrogen-bond acceptors (Lipinski definition) is 4. The fourth-order valence-electron chi connectivity index (χ4n) is 2.26. The normalized spacial score (nSPS) is 13.7. The van der Waals surface area contributed by atoms with Crippen molar-refractivity contribution in [2.75, 3.05) is 61.2 Å². The summed E-state index contributed by atoms with van der Waals surface area (Å²) < 4.78 is 36.0. The second-order valence-electron chi connectivity index (χ2n) is 5.01. The van der Waals surface area contributed by atoms with Crippen molar-refractivity contribution < 1.29 is 17.8 Å². The van der Waals surface area contributed by atoms with Crippen LogP contribution in [-0.2, 0) is 17.8 Å². The lowest BCUT2D eigenvalue weighted by molar-refractivity contribution is 0.0646. The van der Waals surface area contributed by atoms with Gasteiger partial charge >= 0.3 is 8.80 Å². The standard InChI is InChI=1S/C12H32N3O4PSi/c1-9-17-21(18-10-2,19-11-3)12-15(8)20(16,13(4)5)14(6)7/h9-12H2,1-8H3. The van der Waals surface area contributed by atoms with Crippen LogP contribution in [0.3, 0.4) is 0 Å². The molecule has 0 aromatic rings. The molecular formula is C12H32N3O4PSi. The average Bonchev–Trinajstić information content (AvgIpc) is 2.37. The predicted octanol–water partition coefficient (Wildman–Crippen LogP) is 1.74. The number of rotatable bonds is 11. The van der Waals surface area contributed by atoms with E-state index in [9.17, 15) is 4.57 Å². The minimum Gasteiger partial charge on any atom is -0.373 e. The van der Waals surface area contributed by atoms with Gasteiger partial charge in [-0.2, -0.15) is 0 Å². The van der Waals surface area contributed by atoms with E-state index >= 15 is 0 Å². The van der Waals surface area contributed by atoms with Crippen LogP contribution in [-0.4, -0.2) is 84.0 Å². The topological polar surface area (TPSA) is 54.5 Å². The van der Waals surface area contributed by atoms with Crippen molar-refractivity contribution >= 4 is 16.4 Å². The Balaban J connectivity index is 5.34. The Bertz CT molecular complexity index is 315. The molecule has 21 heavy (non-hydrogen) atoms. The molecule has 0 aromatic carbocycles. The second-order valence-corrected chi connectivity index (χ2v) is 10.9. The summed E-state index contributed by atoms with van der Waals surface area (Å²) in [6, 6.07) is 0. The monoisotopic (exact) mass is 341 g/mol. The molecule has 0 rings (SSSR count). The molecule has 0 N–H and O–H groups in total. The maximum absolute atomic E-state index is 13.2. The largest absolute Gasteiger partial charge is 0.516 e. The molecule has 0 radical (unpaired) electrons. The van der Waals surface area contributed by atoms with Gasteiger partial charge in [-0.1, -0.05) is 0 Å². The van der Waals surface area contributed by atoms with E-state index in [4.69, 9.17) is 13.3 Å². The Hall–Kier alpha value is 0.207. The van der Waals surface area contributed by atoms with Crippen LogP contribution in [0.4, 0.5) is 0 Å². The smallest absolute Gasteiger partial charge is 0.373 e. The van der Waals surface area contributed by atoms with Gasteiger partial charge in [-0.25, -0.2) is 14.0 Å². The first-order valence-corrected chi connectivity index (χ1v) is 10.8. The van der Waals surface area contributed by atoms with Crippen molar-refractivity contribution in [3.05, 3.63) is 0 Å². The molecule has 0 saturated carbocycles. The van der Waals surface area contributed by atoms with Crippen LogP contribution in [0.5, 0.6) is 0 Å². The van der Waals surface area contributed by atoms with Gasteiger partial charge in [-0.3, -0.25) is 4.57 Å². The van der Waals surface area contributed by atoms with Crippen molar-refractivity contribution in [1.29, 1.82) is 0 Å². The highest BCUT2D eigenvalue weighted by Gasteiger charge is 2.46. The van der Waals surface area contributed by atoms with Gasteiger partial charge in [-0.05, 0) is 56.0 Å². The number of nitrogens with zero attached hydrogens (tertiary/aromatic N) is 3. The summed E-state index contributed by atoms with van der Waals surface area (Å²) in [6.45, 7) is 7.27. The van der Waals surface area contributed by atoms with Crippen LogP contribution in [0.1, 0.15) is 20.8 Å². The van der Waals surface area contributed by atoms with Crippen molar-refractivity contribution in [2.24, 2.45) is 0 Å². The van der Waals surface area contributed by atoms with E-state index in [1.165, 1.54) is 0 Å². The fourth-order valence-corrected chi connectivity index (χ4v) is 7.86. The predicted molar refractivity (Wildman–Crippen MR) is 88.2 cm³/mol. The molecule has 0 aromatic heterocycles. The third-order valence-electron chi connectivity index (χ3n) is 3.00. The van der Waals surface area contributed by atoms with Gasteiger partial charge in [-0.15, -0.1) is 0 Å². The first-order chi connectivity index (χ1) is 9.70. The Morgan fingerprint density at radius 3 is 1.38 bits per heavy atom. The molecule has 0 bridgehead atoms. The third-order valence-corrected chi connectivity index (χ3v) is 9.43. The van der Waals surface area contributed by atoms with Gasteiger partial charge in [0.1, 0.15) is 0 Å². The Labute approximate surface area is 131 Å². The fraction of sp³-hybridized carbons (Fsp3) is 1.00. The molecule has 0 saturated heterocycles. The Morgan fingerprint density at radius 1 is 0.810 bits per heavy atom. The zero-order valence-electron chi connectivity index (χ0n) is 14.8. The van der Waals surface area contributed by atoms with Gasteiger partial charge < -0.3 is 13.3 Å². The van der Waals surface area contributed by atoms with Crippen molar-refractivity contribution in [2.45, 2.75) is 20.8 Å². The van der Waals surface area contributed by atoms with Gasteiger partial charge in [0.2, 0.25) is 0 Å². The SMILES string of the molecule is CCO[Si](CN(C)P(=O)(N(C)C)N(C)C)(OCC)OCC. The summed E-state index contributed by atoms with van der Waals surface area (Å²) in [5, 5.41) is 0. The first-order valence-electron chi connectivity index (χ1n) is 7.29. The molecule has 0 aliphatic carbocycles. The van der Waals surface area contributed by atoms with E-state index in [0.717, 1.165) is 0 Å². The van der Waals surface area contributed by atoms with E-state index < -0.39 is 16.4 Å². The average molecular weight is 341 g/mol. The summed E-state index contributed by atoms with van der Waals surface area (Å²) in [5.74, 6) is 0. The highest BCUT2D eigenvalue weighted by molar-refractivity contribution is 7.56. The van der Waals surface area contributed by atoms with Gasteiger partial charge in [0.25, 0.3) is 7.59 Å². The molecule has 0 spiro atoms. The van der Waals surface area contributed by atoms with Gasteiger partial charge in [0.05, 0.1) is 6.17 Å². The van der Waals surface area contributed by atoms with E-state index in [0.29, 0.717) is 26.0 Å². The third kappa shape index (κ3) is 5.40. The summed E-state index contributed by atoms with van der Waals surface area (Å²) in [6.07, 6.45) is 0.385. The molecule has 0 unspecified atom stereocenters. The molecular weight excluding hydrogens is 309 g/mol. The summed E-state index contributed by atoms with van der Waals surface area (Å²) in [4.78, 5) is 0.